The van der Waals surface area contributed by atoms with Gasteiger partial charge in [-0.2, -0.15) is 4.98 Å². The molecule has 0 unspecified atom stereocenters. The lowest BCUT2D eigenvalue weighted by atomic mass is 10.2. The lowest BCUT2D eigenvalue weighted by Gasteiger charge is -2.04. The molecule has 152 valence electrons. The molecule has 1 N–H and O–H groups in total. The smallest absolute Gasteiger partial charge is 0.315 e. The van der Waals surface area contributed by atoms with Crippen LogP contribution in [0.15, 0.2) is 57.9 Å². The molecule has 0 saturated carbocycles. The van der Waals surface area contributed by atoms with Crippen LogP contribution in [-0.2, 0) is 22.8 Å². The highest BCUT2D eigenvalue weighted by atomic mass is 35.5. The van der Waals surface area contributed by atoms with Gasteiger partial charge in [-0.05, 0) is 42.0 Å². The van der Waals surface area contributed by atoms with Gasteiger partial charge in [0.1, 0.15) is 5.75 Å². The van der Waals surface area contributed by atoms with Crippen LogP contribution in [0.3, 0.4) is 0 Å². The molecule has 3 rings (SSSR count). The summed E-state index contributed by atoms with van der Waals surface area (Å²) in [6.07, 6.45) is 0.0115. The van der Waals surface area contributed by atoms with Crippen LogP contribution in [0, 0.1) is 0 Å². The van der Waals surface area contributed by atoms with Crippen LogP contribution >= 0.6 is 11.6 Å². The van der Waals surface area contributed by atoms with Gasteiger partial charge in [0.05, 0.1) is 17.8 Å². The van der Waals surface area contributed by atoms with E-state index in [4.69, 9.17) is 20.9 Å². The van der Waals surface area contributed by atoms with E-state index in [0.29, 0.717) is 10.8 Å². The van der Waals surface area contributed by atoms with Gasteiger partial charge in [-0.3, -0.25) is 4.79 Å². The average molecular weight is 436 g/mol. The number of carbonyl (C=O) groups excluding carboxylic acids is 1. The van der Waals surface area contributed by atoms with E-state index in [-0.39, 0.29) is 35.3 Å². The standard InChI is InChI=1S/C19H18ClN3O5S/c1-27-15-4-2-3-13(11-15)12-21-18(24)19-22-17(23-28-19)9-10-29(25,26)16-7-5-14(20)6-8-16/h2-8,11H,9-10,12H2,1H3,(H,21,24). The van der Waals surface area contributed by atoms with Crippen molar-refractivity contribution in [3.05, 3.63) is 70.8 Å². The zero-order valence-electron chi connectivity index (χ0n) is 15.5. The molecule has 10 heteroatoms. The average Bonchev–Trinajstić information content (AvgIpc) is 3.20. The summed E-state index contributed by atoms with van der Waals surface area (Å²) in [6.45, 7) is 0.249. The number of nitrogens with zero attached hydrogens (tertiary/aromatic N) is 2. The molecule has 0 aliphatic heterocycles. The van der Waals surface area contributed by atoms with Crippen molar-refractivity contribution in [2.75, 3.05) is 12.9 Å². The normalized spacial score (nSPS) is 11.2. The number of carbonyl (C=O) groups is 1. The Kier molecular flexibility index (Phi) is 6.50. The maximum absolute atomic E-state index is 12.4. The molecule has 0 aliphatic rings. The van der Waals surface area contributed by atoms with Crippen molar-refractivity contribution in [1.82, 2.24) is 15.5 Å². The first kappa shape index (κ1) is 20.8. The molecule has 0 radical (unpaired) electrons. The molecule has 0 saturated heterocycles. The van der Waals surface area contributed by atoms with Crippen LogP contribution < -0.4 is 10.1 Å². The van der Waals surface area contributed by atoms with Gasteiger partial charge in [-0.25, -0.2) is 8.42 Å². The summed E-state index contributed by atoms with van der Waals surface area (Å²) in [5, 5.41) is 6.79. The van der Waals surface area contributed by atoms with E-state index in [1.54, 1.807) is 19.2 Å². The summed E-state index contributed by atoms with van der Waals surface area (Å²) in [7, 11) is -1.97. The predicted molar refractivity (Wildman–Crippen MR) is 106 cm³/mol. The quantitative estimate of drug-likeness (QED) is 0.578. The third kappa shape index (κ3) is 5.55. The van der Waals surface area contributed by atoms with Crippen LogP contribution in [0.2, 0.25) is 5.02 Å². The van der Waals surface area contributed by atoms with Gasteiger partial charge >= 0.3 is 11.8 Å². The second-order valence-corrected chi connectivity index (χ2v) is 8.62. The summed E-state index contributed by atoms with van der Waals surface area (Å²) in [5.41, 5.74) is 0.839. The number of aromatic nitrogens is 2. The highest BCUT2D eigenvalue weighted by Crippen LogP contribution is 2.16. The molecule has 8 nitrogen and oxygen atoms in total. The minimum Gasteiger partial charge on any atom is -0.497 e. The van der Waals surface area contributed by atoms with Crippen molar-refractivity contribution < 1.29 is 22.5 Å². The first-order valence-corrected chi connectivity index (χ1v) is 10.6. The van der Waals surface area contributed by atoms with Crippen molar-refractivity contribution in [3.8, 4) is 5.75 Å². The number of hydrogen-bond acceptors (Lipinski definition) is 7. The molecule has 0 aliphatic carbocycles. The molecule has 0 atom stereocenters. The number of aryl methyl sites for hydroxylation is 1. The van der Waals surface area contributed by atoms with E-state index in [1.807, 2.05) is 12.1 Å². The monoisotopic (exact) mass is 435 g/mol. The minimum absolute atomic E-state index is 0.0115. The molecular formula is C19H18ClN3O5S. The number of rotatable bonds is 8. The molecule has 0 bridgehead atoms. The summed E-state index contributed by atoms with van der Waals surface area (Å²) in [5.74, 6) is -0.189. The molecule has 29 heavy (non-hydrogen) atoms. The number of ether oxygens (including phenoxy) is 1. The van der Waals surface area contributed by atoms with Crippen molar-refractivity contribution in [3.63, 3.8) is 0 Å². The molecular weight excluding hydrogens is 418 g/mol. The Labute approximate surface area is 172 Å². The van der Waals surface area contributed by atoms with Crippen molar-refractivity contribution in [2.24, 2.45) is 0 Å². The third-order valence-corrected chi connectivity index (χ3v) is 6.00. The lowest BCUT2D eigenvalue weighted by molar-refractivity contribution is 0.0907. The number of benzene rings is 2. The van der Waals surface area contributed by atoms with E-state index >= 15 is 0 Å². The van der Waals surface area contributed by atoms with E-state index in [0.717, 1.165) is 5.56 Å². The summed E-state index contributed by atoms with van der Waals surface area (Å²) < 4.78 is 34.8. The molecule has 2 aromatic carbocycles. The number of amides is 1. The van der Waals surface area contributed by atoms with Crippen LogP contribution in [-0.4, -0.2) is 37.3 Å². The van der Waals surface area contributed by atoms with Crippen molar-refractivity contribution >= 4 is 27.3 Å². The molecule has 0 fully saturated rings. The molecule has 3 aromatic rings. The van der Waals surface area contributed by atoms with Crippen LogP contribution in [0.5, 0.6) is 5.75 Å². The Morgan fingerprint density at radius 3 is 2.69 bits per heavy atom. The van der Waals surface area contributed by atoms with Gasteiger partial charge in [0.15, 0.2) is 15.7 Å². The zero-order valence-corrected chi connectivity index (χ0v) is 17.0. The first-order chi connectivity index (χ1) is 13.9. The predicted octanol–water partition coefficient (Wildman–Crippen LogP) is 2.68. The molecule has 0 spiro atoms. The maximum Gasteiger partial charge on any atom is 0.315 e. The van der Waals surface area contributed by atoms with Crippen LogP contribution in [0.1, 0.15) is 22.1 Å². The Hall–Kier alpha value is -2.91. The van der Waals surface area contributed by atoms with E-state index < -0.39 is 15.7 Å². The Morgan fingerprint density at radius 1 is 1.21 bits per heavy atom. The van der Waals surface area contributed by atoms with Gasteiger partial charge in [-0.15, -0.1) is 0 Å². The zero-order chi connectivity index (χ0) is 20.9. The Balaban J connectivity index is 1.57. The molecule has 1 amide bonds. The summed E-state index contributed by atoms with van der Waals surface area (Å²) in [4.78, 5) is 16.3. The van der Waals surface area contributed by atoms with E-state index in [1.165, 1.54) is 24.3 Å². The number of nitrogens with one attached hydrogen (secondary N) is 1. The van der Waals surface area contributed by atoms with Crippen LogP contribution in [0.4, 0.5) is 0 Å². The van der Waals surface area contributed by atoms with Crippen molar-refractivity contribution in [2.45, 2.75) is 17.9 Å². The lowest BCUT2D eigenvalue weighted by Crippen LogP contribution is -2.23. The molecule has 1 aromatic heterocycles. The summed E-state index contributed by atoms with van der Waals surface area (Å²) in [6, 6.07) is 13.1. The molecule has 1 heterocycles. The number of sulfone groups is 1. The van der Waals surface area contributed by atoms with E-state index in [9.17, 15) is 13.2 Å². The third-order valence-electron chi connectivity index (χ3n) is 4.02. The fourth-order valence-corrected chi connectivity index (χ4v) is 3.84. The highest BCUT2D eigenvalue weighted by Gasteiger charge is 2.19. The van der Waals surface area contributed by atoms with Gasteiger partial charge in [0.25, 0.3) is 0 Å². The largest absolute Gasteiger partial charge is 0.497 e. The maximum atomic E-state index is 12.4. The fraction of sp³-hybridized carbons (Fsp3) is 0.211. The highest BCUT2D eigenvalue weighted by molar-refractivity contribution is 7.91. The summed E-state index contributed by atoms with van der Waals surface area (Å²) >= 11 is 5.78. The second-order valence-electron chi connectivity index (χ2n) is 6.07. The number of halogens is 1. The Morgan fingerprint density at radius 2 is 1.97 bits per heavy atom. The fourth-order valence-electron chi connectivity index (χ4n) is 2.47. The SMILES string of the molecule is COc1cccc(CNC(=O)c2nc(CCS(=O)(=O)c3ccc(Cl)cc3)no2)c1. The first-order valence-electron chi connectivity index (χ1n) is 8.59. The minimum atomic E-state index is -3.53. The van der Waals surface area contributed by atoms with Crippen LogP contribution in [0.25, 0.3) is 0 Å². The van der Waals surface area contributed by atoms with Gasteiger partial charge in [0.2, 0.25) is 0 Å². The number of hydrogen-bond donors (Lipinski definition) is 1. The van der Waals surface area contributed by atoms with Gasteiger partial charge < -0.3 is 14.6 Å². The Bertz CT molecular complexity index is 1100. The second kappa shape index (κ2) is 9.06. The van der Waals surface area contributed by atoms with E-state index in [2.05, 4.69) is 15.5 Å². The topological polar surface area (TPSA) is 111 Å². The van der Waals surface area contributed by atoms with Gasteiger partial charge in [-0.1, -0.05) is 28.9 Å². The number of methoxy groups -OCH3 is 1. The van der Waals surface area contributed by atoms with Gasteiger partial charge in [0, 0.05) is 18.0 Å². The van der Waals surface area contributed by atoms with Crippen molar-refractivity contribution in [1.29, 1.82) is 0 Å².